The van der Waals surface area contributed by atoms with Crippen LogP contribution in [0.15, 0.2) is 18.2 Å². The van der Waals surface area contributed by atoms with Gasteiger partial charge in [0.15, 0.2) is 0 Å². The Morgan fingerprint density at radius 3 is 1.31 bits per heavy atom. The fraction of sp³-hybridized carbons (Fsp3) is 0.737. The number of hydrogen-bond acceptors (Lipinski definition) is 5. The van der Waals surface area contributed by atoms with Crippen molar-refractivity contribution in [2.45, 2.75) is 0 Å². The van der Waals surface area contributed by atoms with E-state index in [4.69, 9.17) is 4.98 Å². The van der Waals surface area contributed by atoms with Crippen molar-refractivity contribution in [1.82, 2.24) is 35.2 Å². The summed E-state index contributed by atoms with van der Waals surface area (Å²) in [5.74, 6) is 2.38. The van der Waals surface area contributed by atoms with Gasteiger partial charge in [-0.25, -0.2) is 0 Å². The van der Waals surface area contributed by atoms with E-state index >= 15 is 0 Å². The molecule has 3 heterocycles. The molecule has 0 amide bonds. The predicted octanol–water partition coefficient (Wildman–Crippen LogP) is -0.659. The van der Waals surface area contributed by atoms with E-state index in [0.29, 0.717) is 0 Å². The molecule has 0 spiro atoms. The normalized spacial score (nSPS) is 25.0. The maximum absolute atomic E-state index is 5.20. The van der Waals surface area contributed by atoms with Gasteiger partial charge in [0, 0.05) is 64.5 Å². The Hall–Kier alpha value is -1.09. The number of rotatable bonds is 2. The van der Waals surface area contributed by atoms with Crippen LogP contribution in [0.4, 0.5) is 11.6 Å². The van der Waals surface area contributed by atoms with Crippen LogP contribution in [0.25, 0.3) is 0 Å². The average Bonchev–Trinajstić information content (AvgIpc) is 2.84. The summed E-state index contributed by atoms with van der Waals surface area (Å²) in [6.45, 7) is 12.6. The number of hydrogen-bond donors (Lipinski definition) is 4. The van der Waals surface area contributed by atoms with Gasteiger partial charge in [0.05, 0.1) is 40.3 Å². The standard InChI is InChI=1S/C19H37N7/c1-25(14-10-20-6-7-21-11-15-25)18-4-3-5-19(24-18)26(2)16-12-22-8-9-23-13-17-26/h3-5,20-23H,6-17H2,1-2H3/q+2. The summed E-state index contributed by atoms with van der Waals surface area (Å²) >= 11 is 0. The quantitative estimate of drug-likeness (QED) is 0.526. The summed E-state index contributed by atoms with van der Waals surface area (Å²) in [6, 6.07) is 6.62. The van der Waals surface area contributed by atoms with Gasteiger partial charge in [-0.3, -0.25) is 8.97 Å². The Balaban J connectivity index is 1.83. The van der Waals surface area contributed by atoms with E-state index < -0.39 is 0 Å². The maximum Gasteiger partial charge on any atom is 0.232 e. The summed E-state index contributed by atoms with van der Waals surface area (Å²) in [6.07, 6.45) is 0. The Morgan fingerprint density at radius 2 is 0.962 bits per heavy atom. The molecular formula is C19H37N7+2. The van der Waals surface area contributed by atoms with Gasteiger partial charge in [-0.2, -0.15) is 0 Å². The third kappa shape index (κ3) is 5.00. The molecule has 0 unspecified atom stereocenters. The highest BCUT2D eigenvalue weighted by Gasteiger charge is 2.31. The van der Waals surface area contributed by atoms with Crippen molar-refractivity contribution in [2.24, 2.45) is 0 Å². The monoisotopic (exact) mass is 363 g/mol. The number of pyridine rings is 1. The first kappa shape index (κ1) is 19.7. The van der Waals surface area contributed by atoms with Crippen molar-refractivity contribution >= 4 is 11.6 Å². The molecule has 2 saturated heterocycles. The second-order valence-electron chi connectivity index (χ2n) is 8.04. The Bertz CT molecular complexity index is 497. The van der Waals surface area contributed by atoms with E-state index in [1.54, 1.807) is 0 Å². The second-order valence-corrected chi connectivity index (χ2v) is 8.04. The zero-order chi connectivity index (χ0) is 18.3. The fourth-order valence-corrected chi connectivity index (χ4v) is 3.85. The van der Waals surface area contributed by atoms with Gasteiger partial charge < -0.3 is 21.3 Å². The van der Waals surface area contributed by atoms with Crippen LogP contribution in [0.2, 0.25) is 0 Å². The van der Waals surface area contributed by atoms with Crippen LogP contribution < -0.4 is 30.2 Å². The van der Waals surface area contributed by atoms with Crippen LogP contribution in [-0.4, -0.2) is 97.6 Å². The lowest BCUT2D eigenvalue weighted by Gasteiger charge is -2.35. The SMILES string of the molecule is C[N+]1(c2cccc([N+]3(C)CCNCCNCC3)n2)CCNCCNCC1. The topological polar surface area (TPSA) is 61.0 Å². The summed E-state index contributed by atoms with van der Waals surface area (Å²) in [4.78, 5) is 5.20. The number of likely N-dealkylation sites (N-methyl/N-ethyl adjacent to an activating group) is 2. The third-order valence-corrected chi connectivity index (χ3v) is 5.91. The first-order valence-corrected chi connectivity index (χ1v) is 10.1. The number of aromatic nitrogens is 1. The van der Waals surface area contributed by atoms with Crippen LogP contribution in [-0.2, 0) is 0 Å². The molecule has 1 aromatic rings. The molecule has 4 N–H and O–H groups in total. The minimum Gasteiger partial charge on any atom is -0.310 e. The molecule has 0 saturated carbocycles. The van der Waals surface area contributed by atoms with E-state index in [2.05, 4.69) is 53.6 Å². The molecule has 3 rings (SSSR count). The van der Waals surface area contributed by atoms with Crippen molar-refractivity contribution in [3.05, 3.63) is 18.2 Å². The van der Waals surface area contributed by atoms with Crippen LogP contribution in [0.5, 0.6) is 0 Å². The largest absolute Gasteiger partial charge is 0.310 e. The molecule has 0 radical (unpaired) electrons. The van der Waals surface area contributed by atoms with Gasteiger partial charge in [-0.05, 0) is 6.07 Å². The van der Waals surface area contributed by atoms with Crippen LogP contribution in [0.1, 0.15) is 0 Å². The van der Waals surface area contributed by atoms with Crippen molar-refractivity contribution in [1.29, 1.82) is 0 Å². The lowest BCUT2D eigenvalue weighted by atomic mass is 10.2. The molecule has 2 aliphatic rings. The first-order chi connectivity index (χ1) is 12.6. The van der Waals surface area contributed by atoms with Crippen molar-refractivity contribution in [3.63, 3.8) is 0 Å². The Labute approximate surface area is 158 Å². The lowest BCUT2D eigenvalue weighted by molar-refractivity contribution is 0.311. The molecule has 146 valence electrons. The third-order valence-electron chi connectivity index (χ3n) is 5.91. The van der Waals surface area contributed by atoms with E-state index in [1.165, 1.54) is 11.6 Å². The summed E-state index contributed by atoms with van der Waals surface area (Å²) in [7, 11) is 4.64. The van der Waals surface area contributed by atoms with Crippen LogP contribution >= 0.6 is 0 Å². The minimum absolute atomic E-state index is 0.879. The van der Waals surface area contributed by atoms with Gasteiger partial charge in [0.25, 0.3) is 0 Å². The molecule has 0 aromatic carbocycles. The van der Waals surface area contributed by atoms with E-state index in [0.717, 1.165) is 87.5 Å². The zero-order valence-corrected chi connectivity index (χ0v) is 16.6. The molecule has 7 nitrogen and oxygen atoms in total. The maximum atomic E-state index is 5.20. The average molecular weight is 364 g/mol. The fourth-order valence-electron chi connectivity index (χ4n) is 3.85. The van der Waals surface area contributed by atoms with Crippen LogP contribution in [0, 0.1) is 0 Å². The highest BCUT2D eigenvalue weighted by Crippen LogP contribution is 2.25. The molecule has 26 heavy (non-hydrogen) atoms. The summed E-state index contributed by atoms with van der Waals surface area (Å²) in [5.41, 5.74) is 0. The highest BCUT2D eigenvalue weighted by molar-refractivity contribution is 5.44. The van der Waals surface area contributed by atoms with Gasteiger partial charge in [0.2, 0.25) is 11.6 Å². The molecule has 2 fully saturated rings. The van der Waals surface area contributed by atoms with Crippen LogP contribution in [0.3, 0.4) is 0 Å². The lowest BCUT2D eigenvalue weighted by Crippen LogP contribution is -2.54. The number of nitrogens with zero attached hydrogens (tertiary/aromatic N) is 3. The van der Waals surface area contributed by atoms with E-state index in [-0.39, 0.29) is 0 Å². The van der Waals surface area contributed by atoms with Gasteiger partial charge in [0.1, 0.15) is 0 Å². The number of nitrogens with one attached hydrogen (secondary N) is 4. The molecule has 0 atom stereocenters. The molecule has 0 bridgehead atoms. The number of quaternary nitrogens is 2. The highest BCUT2D eigenvalue weighted by atomic mass is 15.4. The summed E-state index contributed by atoms with van der Waals surface area (Å²) < 4.78 is 1.76. The molecular weight excluding hydrogens is 326 g/mol. The van der Waals surface area contributed by atoms with E-state index in [9.17, 15) is 0 Å². The predicted molar refractivity (Wildman–Crippen MR) is 111 cm³/mol. The smallest absolute Gasteiger partial charge is 0.232 e. The van der Waals surface area contributed by atoms with Crippen molar-refractivity contribution < 1.29 is 0 Å². The Kier molecular flexibility index (Phi) is 6.97. The summed E-state index contributed by atoms with van der Waals surface area (Å²) in [5, 5.41) is 14.1. The van der Waals surface area contributed by atoms with Gasteiger partial charge >= 0.3 is 0 Å². The molecule has 0 aliphatic carbocycles. The van der Waals surface area contributed by atoms with Gasteiger partial charge in [-0.1, -0.05) is 0 Å². The minimum atomic E-state index is 0.879. The molecule has 2 aliphatic heterocycles. The van der Waals surface area contributed by atoms with Gasteiger partial charge in [-0.15, -0.1) is 4.98 Å². The van der Waals surface area contributed by atoms with Crippen molar-refractivity contribution in [3.8, 4) is 0 Å². The Morgan fingerprint density at radius 1 is 0.615 bits per heavy atom. The van der Waals surface area contributed by atoms with E-state index in [1.807, 2.05) is 0 Å². The first-order valence-electron chi connectivity index (χ1n) is 10.1. The zero-order valence-electron chi connectivity index (χ0n) is 16.6. The molecule has 7 heteroatoms. The van der Waals surface area contributed by atoms with Crippen molar-refractivity contribution in [2.75, 3.05) is 92.6 Å². The second kappa shape index (κ2) is 9.21. The molecule has 1 aromatic heterocycles.